The standard InChI is InChI=1S/C12H11N3O2.C2H6/c1-17-9-2-3-10-11(7-9)15-8(4-5-13-15)6-12(16)14-10;1-2/h2-5,7H,6H2,1H3,(H,14,16);1-2H3. The fourth-order valence-corrected chi connectivity index (χ4v) is 1.96. The zero-order valence-corrected chi connectivity index (χ0v) is 11.3. The Labute approximate surface area is 112 Å². The number of nitrogens with zero attached hydrogens (tertiary/aromatic N) is 2. The molecule has 0 saturated heterocycles. The van der Waals surface area contributed by atoms with Crippen molar-refractivity contribution in [1.29, 1.82) is 0 Å². The highest BCUT2D eigenvalue weighted by Gasteiger charge is 2.19. The minimum atomic E-state index is -0.0318. The minimum absolute atomic E-state index is 0.0318. The van der Waals surface area contributed by atoms with Crippen LogP contribution in [0.3, 0.4) is 0 Å². The molecule has 1 aliphatic rings. The average Bonchev–Trinajstić information content (AvgIpc) is 2.84. The Morgan fingerprint density at radius 2 is 2.11 bits per heavy atom. The Balaban J connectivity index is 0.000000637. The molecule has 19 heavy (non-hydrogen) atoms. The molecule has 5 nitrogen and oxygen atoms in total. The van der Waals surface area contributed by atoms with Gasteiger partial charge in [0.1, 0.15) is 5.75 Å². The van der Waals surface area contributed by atoms with Crippen LogP contribution in [0, 0.1) is 0 Å². The van der Waals surface area contributed by atoms with Gasteiger partial charge in [-0.3, -0.25) is 4.79 Å². The number of carbonyl (C=O) groups is 1. The first kappa shape index (κ1) is 13.1. The van der Waals surface area contributed by atoms with E-state index in [-0.39, 0.29) is 5.91 Å². The highest BCUT2D eigenvalue weighted by molar-refractivity contribution is 5.95. The Morgan fingerprint density at radius 1 is 1.32 bits per heavy atom. The van der Waals surface area contributed by atoms with Crippen LogP contribution in [0.25, 0.3) is 5.69 Å². The van der Waals surface area contributed by atoms with Crippen molar-refractivity contribution in [3.05, 3.63) is 36.2 Å². The Kier molecular flexibility index (Phi) is 3.85. The van der Waals surface area contributed by atoms with E-state index in [1.165, 1.54) is 0 Å². The molecule has 2 aromatic rings. The SMILES string of the molecule is CC.COc1ccc2c(c1)-n1nccc1CC(=O)N2. The van der Waals surface area contributed by atoms with E-state index in [0.717, 1.165) is 22.8 Å². The maximum atomic E-state index is 11.7. The van der Waals surface area contributed by atoms with Crippen molar-refractivity contribution in [3.8, 4) is 11.4 Å². The molecular weight excluding hydrogens is 242 g/mol. The smallest absolute Gasteiger partial charge is 0.230 e. The predicted molar refractivity (Wildman–Crippen MR) is 73.8 cm³/mol. The van der Waals surface area contributed by atoms with Crippen LogP contribution in [-0.4, -0.2) is 22.8 Å². The molecule has 0 saturated carbocycles. The van der Waals surface area contributed by atoms with E-state index >= 15 is 0 Å². The average molecular weight is 259 g/mol. The quantitative estimate of drug-likeness (QED) is 0.855. The van der Waals surface area contributed by atoms with Crippen LogP contribution in [0.4, 0.5) is 5.69 Å². The second kappa shape index (κ2) is 5.56. The number of hydrogen-bond acceptors (Lipinski definition) is 3. The predicted octanol–water partition coefficient (Wildman–Crippen LogP) is 2.40. The number of nitrogens with one attached hydrogen (secondary N) is 1. The second-order valence-corrected chi connectivity index (χ2v) is 3.84. The molecule has 100 valence electrons. The molecule has 1 amide bonds. The van der Waals surface area contributed by atoms with Gasteiger partial charge < -0.3 is 10.1 Å². The summed E-state index contributed by atoms with van der Waals surface area (Å²) in [6, 6.07) is 7.34. The van der Waals surface area contributed by atoms with Crippen LogP contribution in [0.2, 0.25) is 0 Å². The van der Waals surface area contributed by atoms with Crippen molar-refractivity contribution in [2.45, 2.75) is 20.3 Å². The second-order valence-electron chi connectivity index (χ2n) is 3.84. The van der Waals surface area contributed by atoms with Gasteiger partial charge in [0.05, 0.1) is 30.6 Å². The fraction of sp³-hybridized carbons (Fsp3) is 0.286. The highest BCUT2D eigenvalue weighted by Crippen LogP contribution is 2.28. The zero-order chi connectivity index (χ0) is 13.8. The van der Waals surface area contributed by atoms with Crippen LogP contribution in [-0.2, 0) is 11.2 Å². The summed E-state index contributed by atoms with van der Waals surface area (Å²) in [7, 11) is 1.61. The van der Waals surface area contributed by atoms with Gasteiger partial charge in [-0.25, -0.2) is 4.68 Å². The summed E-state index contributed by atoms with van der Waals surface area (Å²) in [6.07, 6.45) is 2.02. The monoisotopic (exact) mass is 259 g/mol. The lowest BCUT2D eigenvalue weighted by molar-refractivity contribution is -0.115. The van der Waals surface area contributed by atoms with Gasteiger partial charge in [-0.2, -0.15) is 5.10 Å². The van der Waals surface area contributed by atoms with Crippen LogP contribution < -0.4 is 10.1 Å². The molecule has 0 fully saturated rings. The molecule has 2 heterocycles. The van der Waals surface area contributed by atoms with Gasteiger partial charge in [-0.1, -0.05) is 13.8 Å². The lowest BCUT2D eigenvalue weighted by Crippen LogP contribution is -2.12. The first-order chi connectivity index (χ1) is 9.28. The van der Waals surface area contributed by atoms with Gasteiger partial charge >= 0.3 is 0 Å². The van der Waals surface area contributed by atoms with Gasteiger partial charge in [0, 0.05) is 12.3 Å². The van der Waals surface area contributed by atoms with Crippen LogP contribution in [0.5, 0.6) is 5.75 Å². The molecule has 1 aliphatic heterocycles. The Morgan fingerprint density at radius 3 is 2.84 bits per heavy atom. The maximum Gasteiger partial charge on any atom is 0.230 e. The summed E-state index contributed by atoms with van der Waals surface area (Å²) in [5.74, 6) is 0.706. The van der Waals surface area contributed by atoms with Gasteiger partial charge in [0.15, 0.2) is 0 Å². The van der Waals surface area contributed by atoms with E-state index in [1.807, 2.05) is 38.1 Å². The van der Waals surface area contributed by atoms with E-state index in [1.54, 1.807) is 18.0 Å². The van der Waals surface area contributed by atoms with Gasteiger partial charge in [0.25, 0.3) is 0 Å². The number of anilines is 1. The maximum absolute atomic E-state index is 11.7. The molecule has 3 rings (SSSR count). The van der Waals surface area contributed by atoms with E-state index < -0.39 is 0 Å². The Bertz CT molecular complexity index is 590. The number of fused-ring (bicyclic) bond motifs is 3. The van der Waals surface area contributed by atoms with Crippen molar-refractivity contribution in [2.24, 2.45) is 0 Å². The molecule has 5 heteroatoms. The molecule has 0 aliphatic carbocycles. The van der Waals surface area contributed by atoms with Gasteiger partial charge in [-0.05, 0) is 18.2 Å². The number of rotatable bonds is 1. The Hall–Kier alpha value is -2.30. The van der Waals surface area contributed by atoms with E-state index in [2.05, 4.69) is 10.4 Å². The van der Waals surface area contributed by atoms with Crippen molar-refractivity contribution < 1.29 is 9.53 Å². The van der Waals surface area contributed by atoms with Crippen molar-refractivity contribution in [1.82, 2.24) is 9.78 Å². The molecule has 1 N–H and O–H groups in total. The number of hydrogen-bond donors (Lipinski definition) is 1. The van der Waals surface area contributed by atoms with Crippen LogP contribution in [0.1, 0.15) is 19.5 Å². The lowest BCUT2D eigenvalue weighted by atomic mass is 10.2. The third kappa shape index (κ3) is 2.45. The first-order valence-electron chi connectivity index (χ1n) is 6.29. The summed E-state index contributed by atoms with van der Waals surface area (Å²) in [6.45, 7) is 4.00. The molecular formula is C14H17N3O2. The van der Waals surface area contributed by atoms with Gasteiger partial charge in [0.2, 0.25) is 5.91 Å². The molecule has 0 bridgehead atoms. The van der Waals surface area contributed by atoms with Gasteiger partial charge in [-0.15, -0.1) is 0 Å². The normalized spacial score (nSPS) is 12.3. The van der Waals surface area contributed by atoms with Crippen molar-refractivity contribution in [2.75, 3.05) is 12.4 Å². The molecule has 0 spiro atoms. The number of carbonyl (C=O) groups excluding carboxylic acids is 1. The highest BCUT2D eigenvalue weighted by atomic mass is 16.5. The lowest BCUT2D eigenvalue weighted by Gasteiger charge is -2.09. The first-order valence-corrected chi connectivity index (χ1v) is 6.29. The van der Waals surface area contributed by atoms with Crippen molar-refractivity contribution in [3.63, 3.8) is 0 Å². The molecule has 0 unspecified atom stereocenters. The van der Waals surface area contributed by atoms with E-state index in [9.17, 15) is 4.79 Å². The van der Waals surface area contributed by atoms with Crippen LogP contribution >= 0.6 is 0 Å². The summed E-state index contributed by atoms with van der Waals surface area (Å²) >= 11 is 0. The summed E-state index contributed by atoms with van der Waals surface area (Å²) in [4.78, 5) is 11.7. The molecule has 1 aromatic heterocycles. The summed E-state index contributed by atoms with van der Waals surface area (Å²) < 4.78 is 6.95. The van der Waals surface area contributed by atoms with E-state index in [0.29, 0.717) is 6.42 Å². The van der Waals surface area contributed by atoms with Crippen molar-refractivity contribution >= 4 is 11.6 Å². The largest absolute Gasteiger partial charge is 0.497 e. The number of ether oxygens (including phenoxy) is 1. The number of benzene rings is 1. The number of aromatic nitrogens is 2. The molecule has 1 aromatic carbocycles. The van der Waals surface area contributed by atoms with Crippen LogP contribution in [0.15, 0.2) is 30.5 Å². The number of methoxy groups -OCH3 is 1. The topological polar surface area (TPSA) is 56.2 Å². The summed E-state index contributed by atoms with van der Waals surface area (Å²) in [5, 5.41) is 7.09. The zero-order valence-electron chi connectivity index (χ0n) is 11.3. The fourth-order valence-electron chi connectivity index (χ4n) is 1.96. The molecule has 0 atom stereocenters. The third-order valence-electron chi connectivity index (χ3n) is 2.77. The van der Waals surface area contributed by atoms with E-state index in [4.69, 9.17) is 4.74 Å². The number of amides is 1. The third-order valence-corrected chi connectivity index (χ3v) is 2.77. The minimum Gasteiger partial charge on any atom is -0.497 e. The summed E-state index contributed by atoms with van der Waals surface area (Å²) in [5.41, 5.74) is 2.45. The molecule has 0 radical (unpaired) electrons.